The van der Waals surface area contributed by atoms with Crippen molar-refractivity contribution in [3.63, 3.8) is 0 Å². The van der Waals surface area contributed by atoms with Gasteiger partial charge in [-0.05, 0) is 25.0 Å². The Labute approximate surface area is 122 Å². The van der Waals surface area contributed by atoms with Crippen molar-refractivity contribution in [3.05, 3.63) is 29.1 Å². The number of aromatic carboxylic acids is 1. The topological polar surface area (TPSA) is 108 Å². The van der Waals surface area contributed by atoms with Crippen molar-refractivity contribution in [3.8, 4) is 0 Å². The number of carbonyl (C=O) groups excluding carboxylic acids is 2. The van der Waals surface area contributed by atoms with Gasteiger partial charge in [-0.15, -0.1) is 0 Å². The van der Waals surface area contributed by atoms with Gasteiger partial charge >= 0.3 is 5.97 Å². The van der Waals surface area contributed by atoms with Crippen LogP contribution in [-0.2, 0) is 4.79 Å². The Kier molecular flexibility index (Phi) is 5.83. The maximum Gasteiger partial charge on any atom is 0.337 e. The quantitative estimate of drug-likeness (QED) is 0.711. The summed E-state index contributed by atoms with van der Waals surface area (Å²) in [6.07, 6.45) is 0. The molecule has 0 atom stereocenters. The molecule has 7 heteroatoms. The van der Waals surface area contributed by atoms with Crippen LogP contribution in [0.3, 0.4) is 0 Å². The molecule has 1 aromatic rings. The summed E-state index contributed by atoms with van der Waals surface area (Å²) in [6, 6.07) is 2.64. The van der Waals surface area contributed by atoms with Crippen LogP contribution in [0.2, 0.25) is 0 Å². The van der Waals surface area contributed by atoms with Gasteiger partial charge in [-0.2, -0.15) is 0 Å². The number of pyridine rings is 1. The summed E-state index contributed by atoms with van der Waals surface area (Å²) in [5, 5.41) is 14.0. The zero-order chi connectivity index (χ0) is 16.0. The van der Waals surface area contributed by atoms with E-state index in [1.807, 2.05) is 13.8 Å². The molecule has 0 bridgehead atoms. The van der Waals surface area contributed by atoms with E-state index < -0.39 is 11.9 Å². The lowest BCUT2D eigenvalue weighted by molar-refractivity contribution is -0.120. The minimum atomic E-state index is -1.10. The number of aryl methyl sites for hydroxylation is 1. The summed E-state index contributed by atoms with van der Waals surface area (Å²) < 4.78 is 0. The zero-order valence-corrected chi connectivity index (χ0v) is 12.3. The fraction of sp³-hybridized carbons (Fsp3) is 0.429. The molecule has 0 aliphatic carbocycles. The second-order valence-corrected chi connectivity index (χ2v) is 5.02. The number of carboxylic acids is 1. The molecule has 0 radical (unpaired) electrons. The van der Waals surface area contributed by atoms with Crippen molar-refractivity contribution in [2.45, 2.75) is 20.8 Å². The molecule has 0 fully saturated rings. The van der Waals surface area contributed by atoms with E-state index in [1.165, 1.54) is 19.1 Å². The molecule has 0 spiro atoms. The van der Waals surface area contributed by atoms with E-state index in [1.54, 1.807) is 0 Å². The molecule has 3 N–H and O–H groups in total. The molecule has 0 saturated heterocycles. The molecule has 0 aromatic carbocycles. The first-order chi connectivity index (χ1) is 9.81. The van der Waals surface area contributed by atoms with Crippen LogP contribution < -0.4 is 10.6 Å². The Hall–Kier alpha value is -2.44. The Morgan fingerprint density at radius 3 is 2.43 bits per heavy atom. The van der Waals surface area contributed by atoms with Gasteiger partial charge in [0, 0.05) is 6.54 Å². The highest BCUT2D eigenvalue weighted by Crippen LogP contribution is 2.06. The van der Waals surface area contributed by atoms with Crippen molar-refractivity contribution >= 4 is 17.8 Å². The minimum Gasteiger partial charge on any atom is -0.478 e. The van der Waals surface area contributed by atoms with Gasteiger partial charge < -0.3 is 15.7 Å². The van der Waals surface area contributed by atoms with E-state index in [-0.39, 0.29) is 29.4 Å². The first-order valence-corrected chi connectivity index (χ1v) is 6.57. The van der Waals surface area contributed by atoms with E-state index in [0.717, 1.165) is 0 Å². The standard InChI is InChI=1S/C14H19N3O4/c1-8(2)6-15-12(18)7-16-13(19)11-5-4-10(14(20)21)9(3)17-11/h4-5,8H,6-7H2,1-3H3,(H,15,18)(H,16,19)(H,20,21). The lowest BCUT2D eigenvalue weighted by Gasteiger charge is -2.09. The fourth-order valence-electron chi connectivity index (χ4n) is 1.55. The van der Waals surface area contributed by atoms with Gasteiger partial charge in [0.05, 0.1) is 17.8 Å². The second kappa shape index (κ2) is 7.37. The molecule has 2 amide bonds. The Morgan fingerprint density at radius 2 is 1.90 bits per heavy atom. The van der Waals surface area contributed by atoms with Crippen LogP contribution in [-0.4, -0.2) is 41.0 Å². The van der Waals surface area contributed by atoms with Gasteiger partial charge in [-0.25, -0.2) is 9.78 Å². The summed E-state index contributed by atoms with van der Waals surface area (Å²) in [7, 11) is 0. The summed E-state index contributed by atoms with van der Waals surface area (Å²) in [6.45, 7) is 5.84. The SMILES string of the molecule is Cc1nc(C(=O)NCC(=O)NCC(C)C)ccc1C(=O)O. The van der Waals surface area contributed by atoms with Crippen LogP contribution in [0.1, 0.15) is 40.4 Å². The summed E-state index contributed by atoms with van der Waals surface area (Å²) in [5.41, 5.74) is 0.370. The molecule has 7 nitrogen and oxygen atoms in total. The highest BCUT2D eigenvalue weighted by atomic mass is 16.4. The smallest absolute Gasteiger partial charge is 0.337 e. The Balaban J connectivity index is 2.58. The molecule has 21 heavy (non-hydrogen) atoms. The monoisotopic (exact) mass is 293 g/mol. The van der Waals surface area contributed by atoms with Crippen molar-refractivity contribution in [1.82, 2.24) is 15.6 Å². The number of nitrogens with zero attached hydrogens (tertiary/aromatic N) is 1. The number of carbonyl (C=O) groups is 3. The molecule has 114 valence electrons. The van der Waals surface area contributed by atoms with Crippen LogP contribution in [0, 0.1) is 12.8 Å². The van der Waals surface area contributed by atoms with Crippen LogP contribution >= 0.6 is 0 Å². The third-order valence-electron chi connectivity index (χ3n) is 2.67. The number of amides is 2. The molecule has 0 aliphatic heterocycles. The molecular weight excluding hydrogens is 274 g/mol. The third kappa shape index (κ3) is 5.21. The summed E-state index contributed by atoms with van der Waals surface area (Å²) in [5.74, 6) is -1.57. The predicted molar refractivity (Wildman–Crippen MR) is 76.1 cm³/mol. The highest BCUT2D eigenvalue weighted by Gasteiger charge is 2.13. The van der Waals surface area contributed by atoms with Gasteiger partial charge in [0.1, 0.15) is 5.69 Å². The maximum absolute atomic E-state index is 11.8. The van der Waals surface area contributed by atoms with Gasteiger partial charge in [-0.3, -0.25) is 9.59 Å². The van der Waals surface area contributed by atoms with Crippen molar-refractivity contribution < 1.29 is 19.5 Å². The number of carboxylic acid groups (broad SMARTS) is 1. The zero-order valence-electron chi connectivity index (χ0n) is 12.3. The molecule has 1 aromatic heterocycles. The van der Waals surface area contributed by atoms with Crippen LogP contribution in [0.5, 0.6) is 0 Å². The average molecular weight is 293 g/mol. The predicted octanol–water partition coefficient (Wildman–Crippen LogP) is 0.590. The highest BCUT2D eigenvalue weighted by molar-refractivity contribution is 5.96. The number of aromatic nitrogens is 1. The van der Waals surface area contributed by atoms with Crippen LogP contribution in [0.4, 0.5) is 0 Å². The molecule has 0 aliphatic rings. The molecule has 1 heterocycles. The first kappa shape index (κ1) is 16.6. The Bertz CT molecular complexity index is 555. The van der Waals surface area contributed by atoms with E-state index in [0.29, 0.717) is 12.5 Å². The van der Waals surface area contributed by atoms with Crippen molar-refractivity contribution in [1.29, 1.82) is 0 Å². The summed E-state index contributed by atoms with van der Waals surface area (Å²) >= 11 is 0. The van der Waals surface area contributed by atoms with Gasteiger partial charge in [0.15, 0.2) is 0 Å². The number of hydrogen-bond donors (Lipinski definition) is 3. The van der Waals surface area contributed by atoms with Gasteiger partial charge in [0.25, 0.3) is 5.91 Å². The van der Waals surface area contributed by atoms with Gasteiger partial charge in [-0.1, -0.05) is 13.8 Å². The van der Waals surface area contributed by atoms with Crippen LogP contribution in [0.15, 0.2) is 12.1 Å². The van der Waals surface area contributed by atoms with E-state index >= 15 is 0 Å². The molecular formula is C14H19N3O4. The third-order valence-corrected chi connectivity index (χ3v) is 2.67. The van der Waals surface area contributed by atoms with Gasteiger partial charge in [0.2, 0.25) is 5.91 Å². The molecule has 1 rings (SSSR count). The lowest BCUT2D eigenvalue weighted by Crippen LogP contribution is -2.38. The van der Waals surface area contributed by atoms with E-state index in [2.05, 4.69) is 15.6 Å². The van der Waals surface area contributed by atoms with Crippen molar-refractivity contribution in [2.24, 2.45) is 5.92 Å². The second-order valence-electron chi connectivity index (χ2n) is 5.02. The van der Waals surface area contributed by atoms with E-state index in [9.17, 15) is 14.4 Å². The minimum absolute atomic E-state index is 0.0428. The maximum atomic E-state index is 11.8. The average Bonchev–Trinajstić information content (AvgIpc) is 2.41. The molecule has 0 unspecified atom stereocenters. The number of hydrogen-bond acceptors (Lipinski definition) is 4. The first-order valence-electron chi connectivity index (χ1n) is 6.57. The lowest BCUT2D eigenvalue weighted by atomic mass is 10.2. The largest absolute Gasteiger partial charge is 0.478 e. The number of rotatable bonds is 6. The summed E-state index contributed by atoms with van der Waals surface area (Å²) in [4.78, 5) is 38.1. The van der Waals surface area contributed by atoms with Crippen LogP contribution in [0.25, 0.3) is 0 Å². The van der Waals surface area contributed by atoms with E-state index in [4.69, 9.17) is 5.11 Å². The number of nitrogens with one attached hydrogen (secondary N) is 2. The van der Waals surface area contributed by atoms with Crippen molar-refractivity contribution in [2.75, 3.05) is 13.1 Å². The fourth-order valence-corrected chi connectivity index (χ4v) is 1.55. The normalized spacial score (nSPS) is 10.3. The molecule has 0 saturated carbocycles. The Morgan fingerprint density at radius 1 is 1.24 bits per heavy atom.